The van der Waals surface area contributed by atoms with Gasteiger partial charge in [-0.15, -0.1) is 5.10 Å². The van der Waals surface area contributed by atoms with E-state index in [-0.39, 0.29) is 43.6 Å². The van der Waals surface area contributed by atoms with Crippen LogP contribution in [0.4, 0.5) is 21.1 Å². The molecular weight excluding hydrogens is 536 g/mol. The standard InChI is InChI=1S/C27H36N6O8/c1-6-39-26(36)32-21-11-14-31(25(35)41-27(2,3)4)16-20(21)23(29-32)28-24(34)19-8-7-18(15-22(19)33(37)38)40-17-9-12-30(5)13-10-17/h7-8,15,17H,6,9-14,16H2,1-5H3,(H,28,29,34). The monoisotopic (exact) mass is 572 g/mol. The molecule has 1 aromatic heterocycles. The van der Waals surface area contributed by atoms with Gasteiger partial charge in [-0.05, 0) is 59.7 Å². The van der Waals surface area contributed by atoms with E-state index in [0.29, 0.717) is 17.0 Å². The molecule has 14 heteroatoms. The predicted octanol–water partition coefficient (Wildman–Crippen LogP) is 3.81. The van der Waals surface area contributed by atoms with E-state index in [2.05, 4.69) is 15.3 Å². The lowest BCUT2D eigenvalue weighted by Crippen LogP contribution is -2.40. The van der Waals surface area contributed by atoms with Gasteiger partial charge < -0.3 is 29.3 Å². The SMILES string of the molecule is CCOC(=O)n1nc(NC(=O)c2ccc(OC3CCN(C)CC3)cc2[N+](=O)[O-])c2c1CCN(C(=O)OC(C)(C)C)C2. The maximum Gasteiger partial charge on any atom is 0.434 e. The summed E-state index contributed by atoms with van der Waals surface area (Å²) < 4.78 is 17.6. The van der Waals surface area contributed by atoms with Crippen LogP contribution in [0.15, 0.2) is 18.2 Å². The van der Waals surface area contributed by atoms with Crippen molar-refractivity contribution in [1.29, 1.82) is 0 Å². The van der Waals surface area contributed by atoms with Crippen molar-refractivity contribution in [1.82, 2.24) is 19.6 Å². The highest BCUT2D eigenvalue weighted by Crippen LogP contribution is 2.31. The Morgan fingerprint density at radius 1 is 1.15 bits per heavy atom. The Balaban J connectivity index is 1.59. The van der Waals surface area contributed by atoms with Gasteiger partial charge in [0.05, 0.1) is 29.8 Å². The van der Waals surface area contributed by atoms with Crippen molar-refractivity contribution in [2.45, 2.75) is 65.2 Å². The minimum atomic E-state index is -0.798. The lowest BCUT2D eigenvalue weighted by atomic mass is 10.1. The highest BCUT2D eigenvalue weighted by atomic mass is 16.6. The summed E-state index contributed by atoms with van der Waals surface area (Å²) in [6.07, 6.45) is 0.468. The number of nitrogens with one attached hydrogen (secondary N) is 1. The molecule has 2 aliphatic heterocycles. The van der Waals surface area contributed by atoms with Crippen LogP contribution in [0.25, 0.3) is 0 Å². The van der Waals surface area contributed by atoms with Crippen LogP contribution in [0, 0.1) is 10.1 Å². The lowest BCUT2D eigenvalue weighted by Gasteiger charge is -2.30. The molecule has 0 atom stereocenters. The topological polar surface area (TPSA) is 158 Å². The van der Waals surface area contributed by atoms with Gasteiger partial charge in [-0.1, -0.05) is 0 Å². The largest absolute Gasteiger partial charge is 0.490 e. The highest BCUT2D eigenvalue weighted by molar-refractivity contribution is 6.07. The van der Waals surface area contributed by atoms with E-state index in [0.717, 1.165) is 30.6 Å². The number of hydrogen-bond donors (Lipinski definition) is 1. The highest BCUT2D eigenvalue weighted by Gasteiger charge is 2.33. The second-order valence-electron chi connectivity index (χ2n) is 11.0. The van der Waals surface area contributed by atoms with Crippen LogP contribution in [-0.4, -0.2) is 87.6 Å². The van der Waals surface area contributed by atoms with Crippen molar-refractivity contribution in [3.05, 3.63) is 45.1 Å². The first-order chi connectivity index (χ1) is 19.4. The van der Waals surface area contributed by atoms with E-state index < -0.39 is 34.3 Å². The van der Waals surface area contributed by atoms with E-state index in [1.807, 2.05) is 7.05 Å². The van der Waals surface area contributed by atoms with Crippen molar-refractivity contribution < 1.29 is 33.5 Å². The van der Waals surface area contributed by atoms with Crippen LogP contribution in [0.5, 0.6) is 5.75 Å². The molecule has 222 valence electrons. The predicted molar refractivity (Wildman–Crippen MR) is 147 cm³/mol. The quantitative estimate of drug-likeness (QED) is 0.398. The third-order valence-electron chi connectivity index (χ3n) is 6.76. The molecule has 0 aliphatic carbocycles. The van der Waals surface area contributed by atoms with Gasteiger partial charge in [-0.2, -0.15) is 4.68 Å². The fourth-order valence-electron chi connectivity index (χ4n) is 4.74. The van der Waals surface area contributed by atoms with Gasteiger partial charge in [0.25, 0.3) is 11.6 Å². The summed E-state index contributed by atoms with van der Waals surface area (Å²) >= 11 is 0. The average molecular weight is 573 g/mol. The normalized spacial score (nSPS) is 16.1. The molecule has 4 rings (SSSR count). The van der Waals surface area contributed by atoms with Gasteiger partial charge in [0.2, 0.25) is 0 Å². The van der Waals surface area contributed by atoms with Gasteiger partial charge in [-0.3, -0.25) is 14.9 Å². The molecule has 2 aromatic rings. The Morgan fingerprint density at radius 2 is 1.85 bits per heavy atom. The molecule has 0 bridgehead atoms. The number of fused-ring (bicyclic) bond motifs is 1. The molecular formula is C27H36N6O8. The van der Waals surface area contributed by atoms with Crippen LogP contribution in [0.3, 0.4) is 0 Å². The summed E-state index contributed by atoms with van der Waals surface area (Å²) in [7, 11) is 2.02. The smallest absolute Gasteiger partial charge is 0.434 e. The van der Waals surface area contributed by atoms with Crippen LogP contribution >= 0.6 is 0 Å². The summed E-state index contributed by atoms with van der Waals surface area (Å²) in [4.78, 5) is 53.6. The molecule has 2 amide bonds. The fraction of sp³-hybridized carbons (Fsp3) is 0.556. The molecule has 1 aromatic carbocycles. The first-order valence-electron chi connectivity index (χ1n) is 13.6. The molecule has 1 fully saturated rings. The van der Waals surface area contributed by atoms with Crippen LogP contribution < -0.4 is 10.1 Å². The fourth-order valence-corrected chi connectivity index (χ4v) is 4.74. The second kappa shape index (κ2) is 12.1. The van der Waals surface area contributed by atoms with Crippen molar-refractivity contribution >= 4 is 29.6 Å². The molecule has 41 heavy (non-hydrogen) atoms. The molecule has 0 unspecified atom stereocenters. The molecule has 0 spiro atoms. The Kier molecular flexibility index (Phi) is 8.80. The van der Waals surface area contributed by atoms with E-state index in [1.54, 1.807) is 27.7 Å². The number of amides is 2. The van der Waals surface area contributed by atoms with Crippen LogP contribution in [-0.2, 0) is 22.4 Å². The maximum atomic E-state index is 13.3. The van der Waals surface area contributed by atoms with E-state index >= 15 is 0 Å². The molecule has 1 N–H and O–H groups in total. The Bertz CT molecular complexity index is 1330. The Hall–Kier alpha value is -4.20. The number of carbonyl (C=O) groups is 3. The van der Waals surface area contributed by atoms with Crippen molar-refractivity contribution in [2.75, 3.05) is 38.6 Å². The van der Waals surface area contributed by atoms with Crippen LogP contribution in [0.2, 0.25) is 0 Å². The number of nitro benzene ring substituents is 1. The second-order valence-corrected chi connectivity index (χ2v) is 11.0. The number of piperidine rings is 1. The lowest BCUT2D eigenvalue weighted by molar-refractivity contribution is -0.385. The number of nitrogens with zero attached hydrogens (tertiary/aromatic N) is 5. The number of ether oxygens (including phenoxy) is 3. The number of aromatic nitrogens is 2. The first kappa shape index (κ1) is 29.8. The summed E-state index contributed by atoms with van der Waals surface area (Å²) in [5.41, 5.74) is -0.471. The first-order valence-corrected chi connectivity index (χ1v) is 13.6. The van der Waals surface area contributed by atoms with Crippen molar-refractivity contribution in [3.8, 4) is 5.75 Å². The van der Waals surface area contributed by atoms with Crippen molar-refractivity contribution in [3.63, 3.8) is 0 Å². The molecule has 1 saturated heterocycles. The molecule has 0 radical (unpaired) electrons. The summed E-state index contributed by atoms with van der Waals surface area (Å²) in [5, 5.41) is 18.8. The molecule has 14 nitrogen and oxygen atoms in total. The molecule has 2 aliphatic rings. The van der Waals surface area contributed by atoms with E-state index in [4.69, 9.17) is 14.2 Å². The molecule has 3 heterocycles. The van der Waals surface area contributed by atoms with Gasteiger partial charge in [0.15, 0.2) is 5.82 Å². The van der Waals surface area contributed by atoms with Gasteiger partial charge >= 0.3 is 12.2 Å². The third-order valence-corrected chi connectivity index (χ3v) is 6.76. The zero-order chi connectivity index (χ0) is 29.9. The number of anilines is 1. The third kappa shape index (κ3) is 7.12. The van der Waals surface area contributed by atoms with E-state index in [9.17, 15) is 24.5 Å². The minimum absolute atomic E-state index is 0.00468. The van der Waals surface area contributed by atoms with Gasteiger partial charge in [0, 0.05) is 31.6 Å². The number of nitro groups is 1. The van der Waals surface area contributed by atoms with Gasteiger partial charge in [-0.25, -0.2) is 9.59 Å². The zero-order valence-corrected chi connectivity index (χ0v) is 24.0. The van der Waals surface area contributed by atoms with E-state index in [1.165, 1.54) is 23.1 Å². The average Bonchev–Trinajstić information content (AvgIpc) is 3.26. The molecule has 0 saturated carbocycles. The summed E-state index contributed by atoms with van der Waals surface area (Å²) in [6, 6.07) is 4.10. The minimum Gasteiger partial charge on any atom is -0.490 e. The maximum absolute atomic E-state index is 13.3. The van der Waals surface area contributed by atoms with Crippen molar-refractivity contribution in [2.24, 2.45) is 0 Å². The van der Waals surface area contributed by atoms with Crippen LogP contribution in [0.1, 0.15) is 62.2 Å². The number of hydrogen-bond acceptors (Lipinski definition) is 10. The zero-order valence-electron chi connectivity index (χ0n) is 24.0. The Labute approximate surface area is 237 Å². The number of carbonyl (C=O) groups excluding carboxylic acids is 3. The number of rotatable bonds is 6. The van der Waals surface area contributed by atoms with Gasteiger partial charge in [0.1, 0.15) is 23.0 Å². The summed E-state index contributed by atoms with van der Waals surface area (Å²) in [5.74, 6) is -0.500. The summed E-state index contributed by atoms with van der Waals surface area (Å²) in [6.45, 7) is 9.00. The number of benzene rings is 1. The number of likely N-dealkylation sites (tertiary alicyclic amines) is 1. The Morgan fingerprint density at radius 3 is 2.49 bits per heavy atom.